The third-order valence-corrected chi connectivity index (χ3v) is 0. The van der Waals surface area contributed by atoms with Crippen LogP contribution in [0.25, 0.3) is 0 Å². The molecule has 0 aliphatic heterocycles. The van der Waals surface area contributed by atoms with Crippen LogP contribution in [-0.2, 0) is 27.1 Å². The average molecular weight is 231 g/mol. The van der Waals surface area contributed by atoms with Gasteiger partial charge in [-0.15, -0.1) is 0 Å². The molecule has 0 aromatic rings. The topological polar surface area (TPSA) is 80.3 Å². The zero-order chi connectivity index (χ0) is 4.50. The fourth-order valence-electron chi connectivity index (χ4n) is 0. The van der Waals surface area contributed by atoms with Crippen LogP contribution in [0.3, 0.4) is 0 Å². The predicted molar refractivity (Wildman–Crippen MR) is 7.13 cm³/mol. The van der Waals surface area contributed by atoms with E-state index in [9.17, 15) is 0 Å². The van der Waals surface area contributed by atoms with Gasteiger partial charge >= 0.3 is 78.5 Å². The van der Waals surface area contributed by atoms with Crippen molar-refractivity contribution in [2.24, 2.45) is 0 Å². The molecule has 0 radical (unpaired) electrons. The fraction of sp³-hybridized carbons (Fsp3) is 0. The van der Waals surface area contributed by atoms with E-state index < -0.39 is 13.4 Å². The molecular weight excluding hydrogens is 231 g/mol. The summed E-state index contributed by atoms with van der Waals surface area (Å²) in [5, 5.41) is 0. The van der Waals surface area contributed by atoms with Crippen molar-refractivity contribution < 1.29 is 65.1 Å². The van der Waals surface area contributed by atoms with Gasteiger partial charge in [0.2, 0.25) is 0 Å². The van der Waals surface area contributed by atoms with E-state index in [0.717, 1.165) is 0 Å². The first kappa shape index (κ1) is 15.9. The largest absolute Gasteiger partial charge is 2.00 e. The number of hydrogen-bond donors (Lipinski definition) is 0. The molecule has 0 bridgehead atoms. The second-order valence-electron chi connectivity index (χ2n) is 0.408. The zero-order valence-corrected chi connectivity index (χ0v) is 10.4. The van der Waals surface area contributed by atoms with Crippen molar-refractivity contribution in [3.05, 3.63) is 0 Å². The molecule has 0 saturated heterocycles. The van der Waals surface area contributed by atoms with Crippen molar-refractivity contribution >= 4 is 13.4 Å². The van der Waals surface area contributed by atoms with Gasteiger partial charge in [0.05, 0.1) is 0 Å². The molecule has 32 valence electrons. The van der Waals surface area contributed by atoms with Crippen LogP contribution >= 0.6 is 0 Å². The first-order valence-corrected chi connectivity index (χ1v) is 3.46. The van der Waals surface area contributed by atoms with Gasteiger partial charge in [-0.2, -0.15) is 0 Å². The van der Waals surface area contributed by atoms with Gasteiger partial charge in [0, 0.05) is 0 Å². The molecule has 0 aliphatic rings. The number of hydrogen-bond acceptors (Lipinski definition) is 4. The van der Waals surface area contributed by atoms with Crippen molar-refractivity contribution in [3.63, 3.8) is 0 Å². The molecule has 0 unspecified atom stereocenters. The van der Waals surface area contributed by atoms with E-state index in [0.29, 0.717) is 0 Å². The van der Waals surface area contributed by atoms with Crippen LogP contribution in [0, 0.1) is 0 Å². The van der Waals surface area contributed by atoms with E-state index in [2.05, 4.69) is 0 Å². The summed E-state index contributed by atoms with van der Waals surface area (Å²) in [5.74, 6) is 0. The fourth-order valence-corrected chi connectivity index (χ4v) is 0. The molecule has 0 N–H and O–H groups in total. The molecular formula is NaO4SeZn+. The Bertz CT molecular complexity index is 94.9. The Morgan fingerprint density at radius 2 is 1.14 bits per heavy atom. The van der Waals surface area contributed by atoms with Crippen LogP contribution in [0.5, 0.6) is 0 Å². The van der Waals surface area contributed by atoms with E-state index in [4.69, 9.17) is 16.0 Å². The van der Waals surface area contributed by atoms with E-state index in [1.807, 2.05) is 0 Å². The standard InChI is InChI=1S/Na.H2O4Se.Zn/c;1-5(2,3)4;/h;(H2,1,2,3,4);/q+1;;+2/p-2. The summed E-state index contributed by atoms with van der Waals surface area (Å²) >= 11 is -5.75. The van der Waals surface area contributed by atoms with Gasteiger partial charge in [-0.05, 0) is 0 Å². The summed E-state index contributed by atoms with van der Waals surface area (Å²) < 4.78 is 34.4. The summed E-state index contributed by atoms with van der Waals surface area (Å²) in [4.78, 5) is 0. The molecule has 0 rings (SSSR count). The molecule has 0 aromatic carbocycles. The molecule has 0 aromatic heterocycles. The van der Waals surface area contributed by atoms with Crippen molar-refractivity contribution in [2.45, 2.75) is 0 Å². The van der Waals surface area contributed by atoms with Crippen LogP contribution in [0.1, 0.15) is 0 Å². The summed E-state index contributed by atoms with van der Waals surface area (Å²) in [6.45, 7) is 0. The van der Waals surface area contributed by atoms with Gasteiger partial charge in [0.1, 0.15) is 0 Å². The zero-order valence-electron chi connectivity index (χ0n) is 3.75. The van der Waals surface area contributed by atoms with E-state index in [-0.39, 0.29) is 49.0 Å². The van der Waals surface area contributed by atoms with Crippen molar-refractivity contribution in [3.8, 4) is 0 Å². The Labute approximate surface area is 77.6 Å². The van der Waals surface area contributed by atoms with Crippen LogP contribution in [-0.4, -0.2) is 13.4 Å². The molecule has 0 aliphatic carbocycles. The maximum Gasteiger partial charge on any atom is 2.00 e. The van der Waals surface area contributed by atoms with Gasteiger partial charge in [-0.3, -0.25) is 0 Å². The second kappa shape index (κ2) is 5.79. The van der Waals surface area contributed by atoms with Gasteiger partial charge < -0.3 is 0 Å². The minimum atomic E-state index is -5.75. The molecule has 7 heteroatoms. The van der Waals surface area contributed by atoms with Crippen LogP contribution in [0.15, 0.2) is 0 Å². The molecule has 0 saturated carbocycles. The second-order valence-corrected chi connectivity index (χ2v) is 2.12. The molecule has 0 atom stereocenters. The molecule has 0 fully saturated rings. The predicted octanol–water partition coefficient (Wildman–Crippen LogP) is -5.99. The Morgan fingerprint density at radius 3 is 1.14 bits per heavy atom. The first-order valence-electron chi connectivity index (χ1n) is 0.667. The van der Waals surface area contributed by atoms with Gasteiger partial charge in [-0.1, -0.05) is 0 Å². The molecule has 7 heavy (non-hydrogen) atoms. The normalized spacial score (nSPS) is 8.29. The quantitative estimate of drug-likeness (QED) is 0.389. The van der Waals surface area contributed by atoms with Crippen molar-refractivity contribution in [1.82, 2.24) is 0 Å². The van der Waals surface area contributed by atoms with Gasteiger partial charge in [0.25, 0.3) is 0 Å². The minimum Gasteiger partial charge on any atom is 1.00 e. The van der Waals surface area contributed by atoms with Gasteiger partial charge in [0.15, 0.2) is 0 Å². The Morgan fingerprint density at radius 1 is 1.14 bits per heavy atom. The van der Waals surface area contributed by atoms with E-state index in [1.54, 1.807) is 0 Å². The molecule has 0 amide bonds. The third kappa shape index (κ3) is 88.9. The average Bonchev–Trinajstić information content (AvgIpc) is 0.722. The summed E-state index contributed by atoms with van der Waals surface area (Å²) in [7, 11) is 0. The SMILES string of the molecule is O=[Se](=O)([O-])[O-].[Na+].[Zn+2]. The Kier molecular flexibility index (Phi) is 13.1. The molecule has 0 heterocycles. The van der Waals surface area contributed by atoms with Crippen LogP contribution in [0.4, 0.5) is 0 Å². The van der Waals surface area contributed by atoms with E-state index >= 15 is 0 Å². The maximum atomic E-state index is 8.59. The summed E-state index contributed by atoms with van der Waals surface area (Å²) in [5.41, 5.74) is 0. The van der Waals surface area contributed by atoms with Crippen LogP contribution < -0.4 is 37.9 Å². The number of rotatable bonds is 0. The first-order chi connectivity index (χ1) is 2.00. The summed E-state index contributed by atoms with van der Waals surface area (Å²) in [6, 6.07) is 0. The maximum absolute atomic E-state index is 8.59. The minimum absolute atomic E-state index is 0. The van der Waals surface area contributed by atoms with E-state index in [1.165, 1.54) is 0 Å². The smallest absolute Gasteiger partial charge is 1.00 e. The Balaban J connectivity index is -0.0000000800. The van der Waals surface area contributed by atoms with Crippen molar-refractivity contribution in [1.29, 1.82) is 0 Å². The monoisotopic (exact) mass is 231 g/mol. The third-order valence-electron chi connectivity index (χ3n) is 0. The van der Waals surface area contributed by atoms with Crippen molar-refractivity contribution in [2.75, 3.05) is 0 Å². The van der Waals surface area contributed by atoms with Crippen LogP contribution in [0.2, 0.25) is 0 Å². The van der Waals surface area contributed by atoms with Gasteiger partial charge in [-0.25, -0.2) is 0 Å². The summed E-state index contributed by atoms with van der Waals surface area (Å²) in [6.07, 6.45) is 0. The molecule has 0 spiro atoms. The molecule has 4 nitrogen and oxygen atoms in total. The Hall–Kier alpha value is 1.66.